The van der Waals surface area contributed by atoms with Crippen LogP contribution in [0.25, 0.3) is 0 Å². The third kappa shape index (κ3) is 3.51. The van der Waals surface area contributed by atoms with E-state index in [1.165, 1.54) is 0 Å². The first-order valence-corrected chi connectivity index (χ1v) is 5.12. The molecule has 1 heterocycles. The fraction of sp³-hybridized carbons (Fsp3) is 0.455. The van der Waals surface area contributed by atoms with Crippen LogP contribution in [0, 0.1) is 0 Å². The van der Waals surface area contributed by atoms with Gasteiger partial charge in [0.1, 0.15) is 5.69 Å². The Bertz CT molecular complexity index is 338. The number of methoxy groups -OCH3 is 1. The van der Waals surface area contributed by atoms with Gasteiger partial charge in [0.2, 0.25) is 0 Å². The summed E-state index contributed by atoms with van der Waals surface area (Å²) in [4.78, 5) is 15.7. The molecular weight excluding hydrogens is 206 g/mol. The molecule has 1 unspecified atom stereocenters. The Labute approximate surface area is 95.2 Å². The van der Waals surface area contributed by atoms with Crippen LogP contribution in [0.2, 0.25) is 0 Å². The van der Waals surface area contributed by atoms with Gasteiger partial charge in [-0.15, -0.1) is 0 Å². The number of ether oxygens (including phenoxy) is 1. The molecular formula is C11H17N3O2. The Morgan fingerprint density at radius 3 is 2.81 bits per heavy atom. The van der Waals surface area contributed by atoms with E-state index in [0.717, 1.165) is 5.69 Å². The predicted octanol–water partition coefficient (Wildman–Crippen LogP) is 0.888. The predicted molar refractivity (Wildman–Crippen MR) is 62.6 cm³/mol. The van der Waals surface area contributed by atoms with Crippen LogP contribution in [-0.2, 0) is 4.74 Å². The van der Waals surface area contributed by atoms with Gasteiger partial charge in [0.15, 0.2) is 0 Å². The van der Waals surface area contributed by atoms with E-state index in [9.17, 15) is 4.79 Å². The molecule has 5 nitrogen and oxygen atoms in total. The minimum atomic E-state index is -0.188. The Morgan fingerprint density at radius 1 is 1.56 bits per heavy atom. The van der Waals surface area contributed by atoms with E-state index >= 15 is 0 Å². The van der Waals surface area contributed by atoms with Crippen molar-refractivity contribution >= 4 is 11.6 Å². The molecule has 1 rings (SSSR count). The number of hydrogen-bond acceptors (Lipinski definition) is 4. The van der Waals surface area contributed by atoms with Crippen LogP contribution in [-0.4, -0.2) is 37.7 Å². The van der Waals surface area contributed by atoms with Gasteiger partial charge in [-0.2, -0.15) is 0 Å². The zero-order valence-electron chi connectivity index (χ0n) is 9.78. The molecule has 0 bridgehead atoms. The second kappa shape index (κ2) is 6.07. The second-order valence-corrected chi connectivity index (χ2v) is 3.44. The first kappa shape index (κ1) is 12.4. The molecule has 0 saturated heterocycles. The summed E-state index contributed by atoms with van der Waals surface area (Å²) in [6.45, 7) is 2.36. The number of rotatable bonds is 5. The summed E-state index contributed by atoms with van der Waals surface area (Å²) >= 11 is 0. The molecule has 0 radical (unpaired) electrons. The number of hydrogen-bond donors (Lipinski definition) is 2. The Balaban J connectivity index is 2.52. The SMILES string of the molecule is CNc1ccc(C(=O)NCC(C)OC)nc1. The van der Waals surface area contributed by atoms with E-state index in [1.807, 2.05) is 13.0 Å². The van der Waals surface area contributed by atoms with Crippen molar-refractivity contribution in [1.82, 2.24) is 10.3 Å². The number of carbonyl (C=O) groups excluding carboxylic acids is 1. The zero-order valence-corrected chi connectivity index (χ0v) is 9.78. The van der Waals surface area contributed by atoms with Crippen molar-refractivity contribution < 1.29 is 9.53 Å². The van der Waals surface area contributed by atoms with Gasteiger partial charge in [-0.1, -0.05) is 0 Å². The minimum Gasteiger partial charge on any atom is -0.387 e. The molecule has 0 aliphatic rings. The largest absolute Gasteiger partial charge is 0.387 e. The molecule has 0 saturated carbocycles. The summed E-state index contributed by atoms with van der Waals surface area (Å²) in [7, 11) is 3.41. The van der Waals surface area contributed by atoms with Crippen LogP contribution in [0.4, 0.5) is 5.69 Å². The molecule has 2 N–H and O–H groups in total. The van der Waals surface area contributed by atoms with Crippen LogP contribution < -0.4 is 10.6 Å². The van der Waals surface area contributed by atoms with Gasteiger partial charge >= 0.3 is 0 Å². The molecule has 0 spiro atoms. The average Bonchev–Trinajstić information content (AvgIpc) is 2.35. The van der Waals surface area contributed by atoms with Gasteiger partial charge < -0.3 is 15.4 Å². The van der Waals surface area contributed by atoms with Crippen LogP contribution in [0.5, 0.6) is 0 Å². The standard InChI is InChI=1S/C11H17N3O2/c1-8(16-3)6-14-11(15)10-5-4-9(12-2)7-13-10/h4-5,7-8,12H,6H2,1-3H3,(H,14,15). The first-order chi connectivity index (χ1) is 7.67. The minimum absolute atomic E-state index is 0.000492. The lowest BCUT2D eigenvalue weighted by Crippen LogP contribution is -2.32. The highest BCUT2D eigenvalue weighted by atomic mass is 16.5. The quantitative estimate of drug-likeness (QED) is 0.778. The second-order valence-electron chi connectivity index (χ2n) is 3.44. The highest BCUT2D eigenvalue weighted by Gasteiger charge is 2.08. The van der Waals surface area contributed by atoms with Crippen molar-refractivity contribution in [2.45, 2.75) is 13.0 Å². The molecule has 1 aromatic rings. The summed E-state index contributed by atoms with van der Waals surface area (Å²) in [5, 5.41) is 5.68. The smallest absolute Gasteiger partial charge is 0.269 e. The van der Waals surface area contributed by atoms with Gasteiger partial charge in [0.05, 0.1) is 18.0 Å². The number of anilines is 1. The maximum absolute atomic E-state index is 11.6. The maximum Gasteiger partial charge on any atom is 0.269 e. The molecule has 5 heteroatoms. The van der Waals surface area contributed by atoms with Crippen LogP contribution in [0.1, 0.15) is 17.4 Å². The molecule has 1 atom stereocenters. The van der Waals surface area contributed by atoms with Crippen molar-refractivity contribution in [3.63, 3.8) is 0 Å². The third-order valence-corrected chi connectivity index (χ3v) is 2.24. The molecule has 0 aliphatic heterocycles. The van der Waals surface area contributed by atoms with E-state index in [0.29, 0.717) is 12.2 Å². The zero-order chi connectivity index (χ0) is 12.0. The molecule has 1 aromatic heterocycles. The van der Waals surface area contributed by atoms with E-state index in [-0.39, 0.29) is 12.0 Å². The van der Waals surface area contributed by atoms with Crippen LogP contribution in [0.15, 0.2) is 18.3 Å². The van der Waals surface area contributed by atoms with Crippen molar-refractivity contribution in [3.05, 3.63) is 24.0 Å². The summed E-state index contributed by atoms with van der Waals surface area (Å²) in [6.07, 6.45) is 1.62. The number of carbonyl (C=O) groups is 1. The van der Waals surface area contributed by atoms with E-state index in [4.69, 9.17) is 4.74 Å². The van der Waals surface area contributed by atoms with Crippen LogP contribution >= 0.6 is 0 Å². The Morgan fingerprint density at radius 2 is 2.31 bits per heavy atom. The number of amides is 1. The Kier molecular flexibility index (Phi) is 4.72. The van der Waals surface area contributed by atoms with E-state index in [1.54, 1.807) is 26.4 Å². The van der Waals surface area contributed by atoms with Crippen molar-refractivity contribution in [3.8, 4) is 0 Å². The molecule has 0 aromatic carbocycles. The van der Waals surface area contributed by atoms with E-state index < -0.39 is 0 Å². The van der Waals surface area contributed by atoms with Gasteiger partial charge in [-0.05, 0) is 19.1 Å². The third-order valence-electron chi connectivity index (χ3n) is 2.24. The number of pyridine rings is 1. The summed E-state index contributed by atoms with van der Waals surface area (Å²) in [5.74, 6) is -0.188. The van der Waals surface area contributed by atoms with Gasteiger partial charge in [0.25, 0.3) is 5.91 Å². The summed E-state index contributed by atoms with van der Waals surface area (Å²) in [6, 6.07) is 3.49. The summed E-state index contributed by atoms with van der Waals surface area (Å²) < 4.78 is 5.03. The Hall–Kier alpha value is -1.62. The van der Waals surface area contributed by atoms with Gasteiger partial charge in [0, 0.05) is 20.7 Å². The maximum atomic E-state index is 11.6. The van der Waals surface area contributed by atoms with Crippen molar-refractivity contribution in [2.75, 3.05) is 26.0 Å². The lowest BCUT2D eigenvalue weighted by molar-refractivity contribution is 0.0866. The lowest BCUT2D eigenvalue weighted by Gasteiger charge is -2.10. The fourth-order valence-corrected chi connectivity index (χ4v) is 1.09. The number of nitrogens with zero attached hydrogens (tertiary/aromatic N) is 1. The highest BCUT2D eigenvalue weighted by Crippen LogP contribution is 2.04. The molecule has 16 heavy (non-hydrogen) atoms. The normalized spacial score (nSPS) is 11.9. The number of nitrogens with one attached hydrogen (secondary N) is 2. The monoisotopic (exact) mass is 223 g/mol. The van der Waals surface area contributed by atoms with Crippen molar-refractivity contribution in [2.24, 2.45) is 0 Å². The molecule has 0 aliphatic carbocycles. The first-order valence-electron chi connectivity index (χ1n) is 5.12. The van der Waals surface area contributed by atoms with Gasteiger partial charge in [-0.25, -0.2) is 4.98 Å². The summed E-state index contributed by atoms with van der Waals surface area (Å²) in [5.41, 5.74) is 1.28. The molecule has 88 valence electrons. The van der Waals surface area contributed by atoms with Crippen LogP contribution in [0.3, 0.4) is 0 Å². The van der Waals surface area contributed by atoms with E-state index in [2.05, 4.69) is 15.6 Å². The molecule has 0 fully saturated rings. The van der Waals surface area contributed by atoms with Crippen molar-refractivity contribution in [1.29, 1.82) is 0 Å². The topological polar surface area (TPSA) is 63.2 Å². The highest BCUT2D eigenvalue weighted by molar-refractivity contribution is 5.92. The fourth-order valence-electron chi connectivity index (χ4n) is 1.09. The molecule has 1 amide bonds. The van der Waals surface area contributed by atoms with Gasteiger partial charge in [-0.3, -0.25) is 4.79 Å². The number of aromatic nitrogens is 1. The average molecular weight is 223 g/mol. The lowest BCUT2D eigenvalue weighted by atomic mass is 10.3.